The summed E-state index contributed by atoms with van der Waals surface area (Å²) in [4.78, 5) is 16.7. The number of benzene rings is 1. The summed E-state index contributed by atoms with van der Waals surface area (Å²) in [6, 6.07) is 10.6. The molecule has 1 amide bonds. The number of nitrogens with zero attached hydrogens (tertiary/aromatic N) is 2. The second-order valence-electron chi connectivity index (χ2n) is 8.37. The van der Waals surface area contributed by atoms with Crippen LogP contribution in [0.5, 0.6) is 0 Å². The number of carbonyl (C=O) groups is 1. The second-order valence-corrected chi connectivity index (χ2v) is 8.37. The summed E-state index contributed by atoms with van der Waals surface area (Å²) in [5.74, 6) is 0.540. The molecule has 23 heavy (non-hydrogen) atoms. The van der Waals surface area contributed by atoms with Crippen molar-refractivity contribution in [3.8, 4) is 0 Å². The van der Waals surface area contributed by atoms with Crippen molar-refractivity contribution < 1.29 is 9.53 Å². The van der Waals surface area contributed by atoms with E-state index < -0.39 is 5.60 Å². The van der Waals surface area contributed by atoms with Crippen molar-refractivity contribution >= 4 is 6.09 Å². The first-order valence-electron chi connectivity index (χ1n) is 8.49. The van der Waals surface area contributed by atoms with Crippen LogP contribution in [0.4, 0.5) is 4.79 Å². The molecule has 3 rings (SSSR count). The lowest BCUT2D eigenvalue weighted by Crippen LogP contribution is -2.38. The Kier molecular flexibility index (Phi) is 4.13. The largest absolute Gasteiger partial charge is 0.444 e. The summed E-state index contributed by atoms with van der Waals surface area (Å²) in [5, 5.41) is 0. The van der Waals surface area contributed by atoms with E-state index in [1.54, 1.807) is 0 Å². The van der Waals surface area contributed by atoms with Crippen molar-refractivity contribution in [3.63, 3.8) is 0 Å². The zero-order valence-corrected chi connectivity index (χ0v) is 14.7. The summed E-state index contributed by atoms with van der Waals surface area (Å²) in [7, 11) is 0. The number of hydrogen-bond donors (Lipinski definition) is 0. The average molecular weight is 316 g/mol. The van der Waals surface area contributed by atoms with E-state index in [0.29, 0.717) is 5.92 Å². The molecule has 2 unspecified atom stereocenters. The zero-order valence-electron chi connectivity index (χ0n) is 14.7. The molecule has 0 bridgehead atoms. The quantitative estimate of drug-likeness (QED) is 0.838. The first-order valence-corrected chi connectivity index (χ1v) is 8.49. The molecule has 1 aromatic carbocycles. The van der Waals surface area contributed by atoms with Gasteiger partial charge in [-0.05, 0) is 32.3 Å². The summed E-state index contributed by atoms with van der Waals surface area (Å²) in [6.07, 6.45) is -0.164. The van der Waals surface area contributed by atoms with Crippen LogP contribution in [-0.2, 0) is 11.3 Å². The highest BCUT2D eigenvalue weighted by Crippen LogP contribution is 2.42. The Bertz CT molecular complexity index is 566. The molecule has 0 N–H and O–H groups in total. The number of rotatable bonds is 2. The predicted octanol–water partition coefficient (Wildman–Crippen LogP) is 3.38. The maximum Gasteiger partial charge on any atom is 0.410 e. The summed E-state index contributed by atoms with van der Waals surface area (Å²) in [5.41, 5.74) is 1.13. The lowest BCUT2D eigenvalue weighted by Gasteiger charge is -2.27. The van der Waals surface area contributed by atoms with Gasteiger partial charge in [0.05, 0.1) is 0 Å². The van der Waals surface area contributed by atoms with E-state index in [-0.39, 0.29) is 11.5 Å². The molecule has 2 saturated heterocycles. The van der Waals surface area contributed by atoms with Gasteiger partial charge in [0.2, 0.25) is 0 Å². The molecule has 0 aromatic heterocycles. The van der Waals surface area contributed by atoms with E-state index in [2.05, 4.69) is 42.2 Å². The maximum atomic E-state index is 12.3. The van der Waals surface area contributed by atoms with Crippen LogP contribution < -0.4 is 0 Å². The van der Waals surface area contributed by atoms with Gasteiger partial charge in [0, 0.05) is 38.1 Å². The number of likely N-dealkylation sites (tertiary alicyclic amines) is 2. The predicted molar refractivity (Wildman–Crippen MR) is 91.1 cm³/mol. The number of ether oxygens (including phenoxy) is 1. The molecular formula is C19H28N2O2. The lowest BCUT2D eigenvalue weighted by atomic mass is 9.83. The van der Waals surface area contributed by atoms with Crippen LogP contribution in [-0.4, -0.2) is 47.7 Å². The first-order chi connectivity index (χ1) is 10.8. The van der Waals surface area contributed by atoms with Crippen molar-refractivity contribution in [2.75, 3.05) is 26.2 Å². The Morgan fingerprint density at radius 3 is 2.52 bits per heavy atom. The fourth-order valence-electron chi connectivity index (χ4n) is 3.89. The molecule has 2 heterocycles. The van der Waals surface area contributed by atoms with E-state index in [0.717, 1.165) is 32.7 Å². The van der Waals surface area contributed by atoms with Crippen molar-refractivity contribution in [1.82, 2.24) is 9.80 Å². The van der Waals surface area contributed by atoms with Gasteiger partial charge in [0.1, 0.15) is 5.60 Å². The van der Waals surface area contributed by atoms with Crippen molar-refractivity contribution in [2.45, 2.75) is 39.8 Å². The van der Waals surface area contributed by atoms with Gasteiger partial charge in [-0.15, -0.1) is 0 Å². The molecule has 2 atom stereocenters. The van der Waals surface area contributed by atoms with E-state index in [9.17, 15) is 4.79 Å². The topological polar surface area (TPSA) is 32.8 Å². The van der Waals surface area contributed by atoms with Gasteiger partial charge < -0.3 is 9.64 Å². The third kappa shape index (κ3) is 3.69. The summed E-state index contributed by atoms with van der Waals surface area (Å²) < 4.78 is 5.53. The van der Waals surface area contributed by atoms with Gasteiger partial charge in [-0.3, -0.25) is 4.90 Å². The van der Waals surface area contributed by atoms with Gasteiger partial charge >= 0.3 is 6.09 Å². The van der Waals surface area contributed by atoms with Crippen LogP contribution in [0.25, 0.3) is 0 Å². The fourth-order valence-corrected chi connectivity index (χ4v) is 3.89. The molecule has 126 valence electrons. The number of carbonyl (C=O) groups excluding carboxylic acids is 1. The minimum Gasteiger partial charge on any atom is -0.444 e. The van der Waals surface area contributed by atoms with Crippen LogP contribution in [0.2, 0.25) is 0 Å². The molecule has 2 aliphatic rings. The van der Waals surface area contributed by atoms with Crippen LogP contribution >= 0.6 is 0 Å². The van der Waals surface area contributed by atoms with Gasteiger partial charge in [-0.25, -0.2) is 4.79 Å². The number of hydrogen-bond acceptors (Lipinski definition) is 3. The molecule has 0 aliphatic carbocycles. The minimum absolute atomic E-state index is 0.164. The highest BCUT2D eigenvalue weighted by molar-refractivity contribution is 5.68. The van der Waals surface area contributed by atoms with E-state index >= 15 is 0 Å². The van der Waals surface area contributed by atoms with Crippen LogP contribution in [0.1, 0.15) is 33.3 Å². The third-order valence-corrected chi connectivity index (χ3v) is 4.94. The smallest absolute Gasteiger partial charge is 0.410 e. The SMILES string of the molecule is CC(C)(C)OC(=O)N1CC2CN(Cc3ccccc3)CC2(C)C1. The molecular weight excluding hydrogens is 288 g/mol. The second kappa shape index (κ2) is 5.82. The molecule has 1 aromatic rings. The summed E-state index contributed by atoms with van der Waals surface area (Å²) in [6.45, 7) is 12.8. The molecule has 0 saturated carbocycles. The van der Waals surface area contributed by atoms with Crippen molar-refractivity contribution in [2.24, 2.45) is 11.3 Å². The maximum absolute atomic E-state index is 12.3. The zero-order chi connectivity index (χ0) is 16.7. The van der Waals surface area contributed by atoms with E-state index in [1.165, 1.54) is 5.56 Å². The third-order valence-electron chi connectivity index (χ3n) is 4.94. The number of fused-ring (bicyclic) bond motifs is 1. The van der Waals surface area contributed by atoms with Crippen LogP contribution in [0.3, 0.4) is 0 Å². The van der Waals surface area contributed by atoms with E-state index in [4.69, 9.17) is 4.74 Å². The fraction of sp³-hybridized carbons (Fsp3) is 0.632. The van der Waals surface area contributed by atoms with Gasteiger partial charge in [-0.2, -0.15) is 0 Å². The standard InChI is InChI=1S/C19H28N2O2/c1-18(2,3)23-17(22)21-12-16-11-20(13-19(16,4)14-21)10-15-8-6-5-7-9-15/h5-9,16H,10-14H2,1-4H3. The van der Waals surface area contributed by atoms with E-state index in [1.807, 2.05) is 25.7 Å². The van der Waals surface area contributed by atoms with Gasteiger partial charge in [0.25, 0.3) is 0 Å². The Morgan fingerprint density at radius 1 is 1.22 bits per heavy atom. The molecule has 2 aliphatic heterocycles. The summed E-state index contributed by atoms with van der Waals surface area (Å²) >= 11 is 0. The molecule has 4 nitrogen and oxygen atoms in total. The molecule has 0 spiro atoms. The Labute approximate surface area is 139 Å². The minimum atomic E-state index is -0.422. The molecule has 0 radical (unpaired) electrons. The number of amides is 1. The Morgan fingerprint density at radius 2 is 1.91 bits per heavy atom. The van der Waals surface area contributed by atoms with Crippen LogP contribution in [0.15, 0.2) is 30.3 Å². The average Bonchev–Trinajstić information content (AvgIpc) is 2.89. The highest BCUT2D eigenvalue weighted by atomic mass is 16.6. The Balaban J connectivity index is 1.59. The van der Waals surface area contributed by atoms with Gasteiger partial charge in [-0.1, -0.05) is 37.3 Å². The van der Waals surface area contributed by atoms with Crippen molar-refractivity contribution in [3.05, 3.63) is 35.9 Å². The molecule has 2 fully saturated rings. The Hall–Kier alpha value is -1.55. The van der Waals surface area contributed by atoms with Gasteiger partial charge in [0.15, 0.2) is 0 Å². The monoisotopic (exact) mass is 316 g/mol. The normalized spacial score (nSPS) is 28.0. The lowest BCUT2D eigenvalue weighted by molar-refractivity contribution is 0.0262. The first kappa shape index (κ1) is 16.3. The highest BCUT2D eigenvalue weighted by Gasteiger charge is 2.50. The van der Waals surface area contributed by atoms with Crippen LogP contribution in [0, 0.1) is 11.3 Å². The van der Waals surface area contributed by atoms with Crippen molar-refractivity contribution in [1.29, 1.82) is 0 Å². The molecule has 4 heteroatoms.